The predicted molar refractivity (Wildman–Crippen MR) is 185 cm³/mol. The molecule has 10 nitrogen and oxygen atoms in total. The first-order chi connectivity index (χ1) is 22.8. The van der Waals surface area contributed by atoms with E-state index in [-0.39, 0.29) is 12.5 Å². The van der Waals surface area contributed by atoms with Gasteiger partial charge in [0.25, 0.3) is 0 Å². The minimum atomic E-state index is -4.11. The summed E-state index contributed by atoms with van der Waals surface area (Å²) in [5.41, 5.74) is 2.93. The molecule has 0 bridgehead atoms. The summed E-state index contributed by atoms with van der Waals surface area (Å²) in [4.78, 5) is 22.3. The number of carbonyl (C=O) groups is 1. The molecule has 250 valence electrons. The van der Waals surface area contributed by atoms with E-state index >= 15 is 0 Å². The molecule has 0 aliphatic heterocycles. The summed E-state index contributed by atoms with van der Waals surface area (Å²) in [7, 11) is -4.11. The second kappa shape index (κ2) is 18.9. The number of benzene rings is 2. The van der Waals surface area contributed by atoms with E-state index in [2.05, 4.69) is 25.3 Å². The van der Waals surface area contributed by atoms with Gasteiger partial charge in [-0.05, 0) is 54.3 Å². The number of carbonyl (C=O) groups excluding carboxylic acids is 1. The molecule has 2 heterocycles. The normalized spacial score (nSPS) is 13.4. The van der Waals surface area contributed by atoms with Crippen molar-refractivity contribution in [2.75, 3.05) is 17.2 Å². The van der Waals surface area contributed by atoms with Gasteiger partial charge in [-0.3, -0.25) is 14.3 Å². The first-order valence-corrected chi connectivity index (χ1v) is 17.7. The minimum absolute atomic E-state index is 0.0710. The van der Waals surface area contributed by atoms with Crippen LogP contribution in [0, 0.1) is 0 Å². The molecule has 0 unspecified atom stereocenters. The number of nitrogens with zero attached hydrogens (tertiary/aromatic N) is 2. The van der Waals surface area contributed by atoms with Gasteiger partial charge in [-0.25, -0.2) is 4.98 Å². The van der Waals surface area contributed by atoms with E-state index in [0.717, 1.165) is 56.1 Å². The van der Waals surface area contributed by atoms with Gasteiger partial charge in [0.05, 0.1) is 18.1 Å². The smallest absolute Gasteiger partial charge is 0.333 e. The maximum Gasteiger partial charge on any atom is 0.333 e. The first-order valence-electron chi connectivity index (χ1n) is 16.2. The monoisotopic (exact) mass is 659 g/mol. The van der Waals surface area contributed by atoms with Crippen molar-refractivity contribution in [3.63, 3.8) is 0 Å². The molecule has 0 spiro atoms. The highest BCUT2D eigenvalue weighted by Crippen LogP contribution is 2.43. The van der Waals surface area contributed by atoms with Crippen LogP contribution < -0.4 is 15.4 Å². The fraction of sp³-hybridized carbons (Fsp3) is 0.361. The van der Waals surface area contributed by atoms with E-state index in [1.54, 1.807) is 12.4 Å². The van der Waals surface area contributed by atoms with Crippen LogP contribution in [0.4, 0.5) is 11.5 Å². The number of anilines is 2. The summed E-state index contributed by atoms with van der Waals surface area (Å²) in [6, 6.07) is 28.0. The number of aromatic nitrogens is 2. The third kappa shape index (κ3) is 12.2. The predicted octanol–water partition coefficient (Wildman–Crippen LogP) is 6.99. The van der Waals surface area contributed by atoms with Crippen LogP contribution in [0.1, 0.15) is 92.7 Å². The van der Waals surface area contributed by atoms with Gasteiger partial charge >= 0.3 is 10.3 Å². The Morgan fingerprint density at radius 1 is 0.723 bits per heavy atom. The van der Waals surface area contributed by atoms with Crippen molar-refractivity contribution in [1.29, 1.82) is 0 Å². The van der Waals surface area contributed by atoms with Crippen molar-refractivity contribution >= 4 is 27.7 Å². The van der Waals surface area contributed by atoms with Gasteiger partial charge in [0.2, 0.25) is 5.91 Å². The van der Waals surface area contributed by atoms with E-state index in [4.69, 9.17) is 4.55 Å². The molecular weight excluding hydrogens is 614 g/mol. The molecule has 1 amide bonds. The van der Waals surface area contributed by atoms with Crippen LogP contribution in [-0.4, -0.2) is 40.5 Å². The number of aliphatic hydroxyl groups is 1. The van der Waals surface area contributed by atoms with Gasteiger partial charge in [-0.15, -0.1) is 0 Å². The number of aliphatic hydroxyl groups excluding tert-OH is 1. The van der Waals surface area contributed by atoms with E-state index in [9.17, 15) is 18.3 Å². The molecule has 5 N–H and O–H groups in total. The average molecular weight is 660 g/mol. The number of hydrogen-bond acceptors (Lipinski definition) is 7. The topological polar surface area (TPSA) is 154 Å². The number of amides is 1. The Kier molecular flexibility index (Phi) is 14.3. The summed E-state index contributed by atoms with van der Waals surface area (Å²) in [6.07, 6.45) is 10.3. The molecule has 4 aromatic rings. The third-order valence-electron chi connectivity index (χ3n) is 8.02. The Balaban J connectivity index is 1.42. The fourth-order valence-electron chi connectivity index (χ4n) is 5.68. The van der Waals surface area contributed by atoms with Crippen LogP contribution in [0.3, 0.4) is 0 Å². The highest BCUT2D eigenvalue weighted by Gasteiger charge is 2.35. The lowest BCUT2D eigenvalue weighted by molar-refractivity contribution is -0.116. The Labute approximate surface area is 278 Å². The van der Waals surface area contributed by atoms with Crippen molar-refractivity contribution in [3.05, 3.63) is 120 Å². The number of unbranched alkanes of at least 4 members (excludes halogenated alkanes) is 7. The number of para-hydroxylation sites is 1. The maximum atomic E-state index is 13.2. The number of hydrogen-bond donors (Lipinski definition) is 5. The van der Waals surface area contributed by atoms with Gasteiger partial charge in [-0.2, -0.15) is 13.1 Å². The zero-order chi connectivity index (χ0) is 33.3. The lowest BCUT2D eigenvalue weighted by Gasteiger charge is -2.33. The quantitative estimate of drug-likeness (QED) is 0.0503. The van der Waals surface area contributed by atoms with Gasteiger partial charge in [-0.1, -0.05) is 99.2 Å². The zero-order valence-electron chi connectivity index (χ0n) is 26.5. The van der Waals surface area contributed by atoms with Gasteiger partial charge < -0.3 is 15.7 Å². The molecule has 0 aliphatic carbocycles. The summed E-state index contributed by atoms with van der Waals surface area (Å²) in [5.74, 6) is 0.0330. The van der Waals surface area contributed by atoms with Crippen LogP contribution in [0.5, 0.6) is 0 Å². The summed E-state index contributed by atoms with van der Waals surface area (Å²) in [5, 5.41) is 18.6. The van der Waals surface area contributed by atoms with E-state index in [1.165, 1.54) is 0 Å². The van der Waals surface area contributed by atoms with Crippen LogP contribution in [0.15, 0.2) is 103 Å². The van der Waals surface area contributed by atoms with E-state index in [0.29, 0.717) is 30.0 Å². The largest absolute Gasteiger partial charge is 0.388 e. The molecule has 11 heteroatoms. The summed E-state index contributed by atoms with van der Waals surface area (Å²) in [6.45, 7) is 0.244. The number of pyridine rings is 2. The van der Waals surface area contributed by atoms with Crippen molar-refractivity contribution in [2.24, 2.45) is 0 Å². The molecule has 0 saturated carbocycles. The van der Waals surface area contributed by atoms with Gasteiger partial charge in [0.1, 0.15) is 5.82 Å². The van der Waals surface area contributed by atoms with Crippen LogP contribution in [0.2, 0.25) is 0 Å². The van der Waals surface area contributed by atoms with Crippen molar-refractivity contribution in [2.45, 2.75) is 75.9 Å². The van der Waals surface area contributed by atoms with Gasteiger partial charge in [0, 0.05) is 36.7 Å². The third-order valence-corrected chi connectivity index (χ3v) is 8.59. The molecule has 47 heavy (non-hydrogen) atoms. The molecule has 0 aliphatic rings. The van der Waals surface area contributed by atoms with Gasteiger partial charge in [0.15, 0.2) is 0 Å². The Morgan fingerprint density at radius 2 is 1.34 bits per heavy atom. The van der Waals surface area contributed by atoms with Crippen LogP contribution in [-0.2, 0) is 15.1 Å². The minimum Gasteiger partial charge on any atom is -0.388 e. The summed E-state index contributed by atoms with van der Waals surface area (Å²) >= 11 is 0. The lowest BCUT2D eigenvalue weighted by atomic mass is 9.82. The SMILES string of the molecule is O=C(CCCCCCCCCCNS(=O)(=O)O)Nc1ccccc1[C@@H](Nc1ccccn1)[C@H](c1ccccn1)[C@H](O)c1ccccc1. The number of nitrogens with one attached hydrogen (secondary N) is 3. The highest BCUT2D eigenvalue weighted by molar-refractivity contribution is 7.83. The lowest BCUT2D eigenvalue weighted by Crippen LogP contribution is -2.27. The molecule has 0 radical (unpaired) electrons. The standard InChI is InChI=1S/C36H45N5O5S/c42-33(24-10-5-3-1-2-4-6-15-27-39-47(44,45)46)40-30-21-12-11-20-29(30)35(41-32-23-14-17-26-38-32)34(31-22-13-16-25-37-31)36(43)28-18-8-7-9-19-28/h7-9,11-14,16-23,25-26,34-36,39,43H,1-6,10,15,24,27H2,(H,38,41)(H,40,42)(H,44,45,46)/t34-,35+,36+/m0/s1. The summed E-state index contributed by atoms with van der Waals surface area (Å²) < 4.78 is 32.1. The number of rotatable bonds is 20. The van der Waals surface area contributed by atoms with E-state index in [1.807, 2.05) is 91.0 Å². The molecule has 0 saturated heterocycles. The Morgan fingerprint density at radius 3 is 2.00 bits per heavy atom. The Hall–Kier alpha value is -4.16. The maximum absolute atomic E-state index is 13.2. The first kappa shape index (κ1) is 35.7. The molecular formula is C36H45N5O5S. The molecule has 0 fully saturated rings. The fourth-order valence-corrected chi connectivity index (χ4v) is 6.08. The van der Waals surface area contributed by atoms with Crippen molar-refractivity contribution in [3.8, 4) is 0 Å². The van der Waals surface area contributed by atoms with Crippen LogP contribution in [0.25, 0.3) is 0 Å². The second-order valence-corrected chi connectivity index (χ2v) is 12.8. The second-order valence-electron chi connectivity index (χ2n) is 11.6. The highest BCUT2D eigenvalue weighted by atomic mass is 32.2. The van der Waals surface area contributed by atoms with Crippen molar-refractivity contribution in [1.82, 2.24) is 14.7 Å². The average Bonchev–Trinajstić information content (AvgIpc) is 3.08. The van der Waals surface area contributed by atoms with Crippen molar-refractivity contribution < 1.29 is 22.9 Å². The molecule has 2 aromatic heterocycles. The van der Waals surface area contributed by atoms with E-state index < -0.39 is 28.4 Å². The molecule has 3 atom stereocenters. The molecule has 4 rings (SSSR count). The Bertz CT molecular complexity index is 1590. The zero-order valence-corrected chi connectivity index (χ0v) is 27.4. The molecule has 2 aromatic carbocycles. The van der Waals surface area contributed by atoms with Crippen LogP contribution >= 0.6 is 0 Å².